The minimum atomic E-state index is -4.49. The molecule has 0 aliphatic carbocycles. The number of hydrogen-bond acceptors (Lipinski definition) is 6. The minimum Gasteiger partial charge on any atom is -0.449 e. The Morgan fingerprint density at radius 1 is 1.33 bits per heavy atom. The third-order valence-corrected chi connectivity index (χ3v) is 3.84. The fraction of sp³-hybridized carbons (Fsp3) is 0.222. The predicted octanol–water partition coefficient (Wildman–Crippen LogP) is -0.124. The molecule has 0 saturated heterocycles. The first-order valence-electron chi connectivity index (χ1n) is 5.35. The fourth-order valence-electron chi connectivity index (χ4n) is 1.20. The van der Waals surface area contributed by atoms with E-state index in [0.29, 0.717) is 12.1 Å². The van der Waals surface area contributed by atoms with Crippen molar-refractivity contribution in [2.45, 2.75) is 11.8 Å². The lowest BCUT2D eigenvalue weighted by atomic mass is 10.3. The van der Waals surface area contributed by atoms with E-state index in [1.54, 1.807) is 4.72 Å². The van der Waals surface area contributed by atoms with Gasteiger partial charge in [0.1, 0.15) is 5.82 Å². The maximum absolute atomic E-state index is 13.5. The molecule has 9 nitrogen and oxygen atoms in total. The Labute approximate surface area is 120 Å². The van der Waals surface area contributed by atoms with Crippen LogP contribution in [-0.4, -0.2) is 29.5 Å². The molecule has 0 atom stereocenters. The number of halogens is 1. The quantitative estimate of drug-likeness (QED) is 0.680. The Hall–Kier alpha value is -1.92. The van der Waals surface area contributed by atoms with Gasteiger partial charge in [-0.3, -0.25) is 4.72 Å². The van der Waals surface area contributed by atoms with Crippen LogP contribution in [0.15, 0.2) is 23.1 Å². The first-order chi connectivity index (χ1) is 9.55. The van der Waals surface area contributed by atoms with Gasteiger partial charge in [-0.15, -0.1) is 0 Å². The molecule has 0 radical (unpaired) electrons. The fourth-order valence-corrected chi connectivity index (χ4v) is 2.52. The van der Waals surface area contributed by atoms with Crippen LogP contribution in [0.1, 0.15) is 6.92 Å². The SMILES string of the molecule is CCOC(=O)NS(=O)(=O)Nc1cc(S(N)(=O)=O)ccc1F. The molecular weight excluding hydrogens is 329 g/mol. The lowest BCUT2D eigenvalue weighted by Crippen LogP contribution is -2.36. The number of nitrogens with two attached hydrogens (primary N) is 1. The maximum Gasteiger partial charge on any atom is 0.422 e. The molecule has 1 rings (SSSR count). The van der Waals surface area contributed by atoms with Gasteiger partial charge >= 0.3 is 16.3 Å². The highest BCUT2D eigenvalue weighted by atomic mass is 32.2. The van der Waals surface area contributed by atoms with Crippen molar-refractivity contribution < 1.29 is 30.8 Å². The van der Waals surface area contributed by atoms with Gasteiger partial charge in [-0.1, -0.05) is 0 Å². The van der Waals surface area contributed by atoms with Crippen LogP contribution in [0.4, 0.5) is 14.9 Å². The molecule has 1 aromatic carbocycles. The molecule has 0 aliphatic rings. The van der Waals surface area contributed by atoms with Crippen LogP contribution in [-0.2, 0) is 25.0 Å². The highest BCUT2D eigenvalue weighted by Crippen LogP contribution is 2.19. The summed E-state index contributed by atoms with van der Waals surface area (Å²) in [6.45, 7) is 1.38. The highest BCUT2D eigenvalue weighted by molar-refractivity contribution is 7.91. The van der Waals surface area contributed by atoms with Gasteiger partial charge < -0.3 is 4.74 Å². The highest BCUT2D eigenvalue weighted by Gasteiger charge is 2.19. The molecule has 21 heavy (non-hydrogen) atoms. The summed E-state index contributed by atoms with van der Waals surface area (Å²) in [5.74, 6) is -1.06. The molecule has 4 N–H and O–H groups in total. The second-order valence-corrected chi connectivity index (χ2v) is 6.59. The summed E-state index contributed by atoms with van der Waals surface area (Å²) in [5, 5.41) is 4.84. The average molecular weight is 341 g/mol. The molecule has 0 heterocycles. The van der Waals surface area contributed by atoms with Gasteiger partial charge in [0.25, 0.3) is 0 Å². The van der Waals surface area contributed by atoms with E-state index in [2.05, 4.69) is 4.74 Å². The van der Waals surface area contributed by atoms with E-state index in [-0.39, 0.29) is 6.61 Å². The van der Waals surface area contributed by atoms with Crippen molar-refractivity contribution in [2.24, 2.45) is 5.14 Å². The summed E-state index contributed by atoms with van der Waals surface area (Å²) in [7, 11) is -8.63. The first kappa shape index (κ1) is 17.1. The molecule has 0 bridgehead atoms. The molecule has 12 heteroatoms. The van der Waals surface area contributed by atoms with E-state index >= 15 is 0 Å². The number of nitrogens with one attached hydrogen (secondary N) is 2. The van der Waals surface area contributed by atoms with Gasteiger partial charge in [0.05, 0.1) is 17.2 Å². The van der Waals surface area contributed by atoms with Crippen molar-refractivity contribution in [1.82, 2.24) is 4.72 Å². The predicted molar refractivity (Wildman–Crippen MR) is 70.5 cm³/mol. The van der Waals surface area contributed by atoms with Crippen molar-refractivity contribution in [3.05, 3.63) is 24.0 Å². The van der Waals surface area contributed by atoms with Crippen LogP contribution in [0.3, 0.4) is 0 Å². The summed E-state index contributed by atoms with van der Waals surface area (Å²) in [4.78, 5) is 10.5. The first-order valence-corrected chi connectivity index (χ1v) is 8.38. The second-order valence-electron chi connectivity index (χ2n) is 3.61. The van der Waals surface area contributed by atoms with Crippen LogP contribution in [0.2, 0.25) is 0 Å². The van der Waals surface area contributed by atoms with Crippen molar-refractivity contribution in [2.75, 3.05) is 11.3 Å². The summed E-state index contributed by atoms with van der Waals surface area (Å²) < 4.78 is 66.2. The molecule has 0 aromatic heterocycles. The molecule has 0 saturated carbocycles. The molecule has 1 amide bonds. The Bertz CT molecular complexity index is 747. The molecule has 0 fully saturated rings. The Kier molecular flexibility index (Phi) is 5.09. The van der Waals surface area contributed by atoms with Crippen LogP contribution in [0, 0.1) is 5.82 Å². The number of sulfonamides is 1. The minimum absolute atomic E-state index is 0.0728. The molecular formula is C9H12FN3O6S2. The number of primary sulfonamides is 1. The summed E-state index contributed by atoms with van der Waals surface area (Å²) >= 11 is 0. The summed E-state index contributed by atoms with van der Waals surface area (Å²) in [6, 6.07) is 2.25. The molecule has 0 unspecified atom stereocenters. The average Bonchev–Trinajstić information content (AvgIpc) is 2.29. The van der Waals surface area contributed by atoms with Gasteiger partial charge in [0.2, 0.25) is 10.0 Å². The topological polar surface area (TPSA) is 145 Å². The standard InChI is InChI=1S/C9H12FN3O6S2/c1-2-19-9(14)13-21(17,18)12-8-5-6(20(11,15)16)3-4-7(8)10/h3-5,12H,2H2,1H3,(H,13,14)(H2,11,15,16). The summed E-state index contributed by atoms with van der Waals surface area (Å²) in [6.07, 6.45) is -1.27. The largest absolute Gasteiger partial charge is 0.449 e. The van der Waals surface area contributed by atoms with E-state index in [1.165, 1.54) is 11.6 Å². The van der Waals surface area contributed by atoms with Gasteiger partial charge in [0, 0.05) is 0 Å². The Morgan fingerprint density at radius 2 is 1.95 bits per heavy atom. The molecule has 118 valence electrons. The number of rotatable bonds is 5. The number of amides is 1. The second kappa shape index (κ2) is 6.24. The van der Waals surface area contributed by atoms with E-state index in [4.69, 9.17) is 5.14 Å². The number of benzene rings is 1. The van der Waals surface area contributed by atoms with E-state index in [0.717, 1.165) is 6.07 Å². The van der Waals surface area contributed by atoms with Crippen molar-refractivity contribution >= 4 is 32.0 Å². The molecule has 0 aliphatic heterocycles. The van der Waals surface area contributed by atoms with E-state index in [9.17, 15) is 26.0 Å². The van der Waals surface area contributed by atoms with Gasteiger partial charge in [-0.25, -0.2) is 27.5 Å². The van der Waals surface area contributed by atoms with Crippen molar-refractivity contribution in [1.29, 1.82) is 0 Å². The van der Waals surface area contributed by atoms with Crippen molar-refractivity contribution in [3.63, 3.8) is 0 Å². The summed E-state index contributed by atoms with van der Waals surface area (Å²) in [5.41, 5.74) is -0.696. The Morgan fingerprint density at radius 3 is 2.48 bits per heavy atom. The number of ether oxygens (including phenoxy) is 1. The number of carbonyl (C=O) groups is 1. The monoisotopic (exact) mass is 341 g/mol. The Balaban J connectivity index is 3.04. The third kappa shape index (κ3) is 5.17. The smallest absolute Gasteiger partial charge is 0.422 e. The van der Waals surface area contributed by atoms with E-state index in [1.807, 2.05) is 0 Å². The maximum atomic E-state index is 13.5. The number of anilines is 1. The van der Waals surface area contributed by atoms with Crippen LogP contribution in [0.5, 0.6) is 0 Å². The van der Waals surface area contributed by atoms with Crippen molar-refractivity contribution in [3.8, 4) is 0 Å². The zero-order valence-corrected chi connectivity index (χ0v) is 12.3. The van der Waals surface area contributed by atoms with Gasteiger partial charge in [-0.2, -0.15) is 8.42 Å². The van der Waals surface area contributed by atoms with E-state index < -0.39 is 42.7 Å². The zero-order chi connectivity index (χ0) is 16.3. The normalized spacial score (nSPS) is 11.8. The van der Waals surface area contributed by atoms with Gasteiger partial charge in [-0.05, 0) is 25.1 Å². The van der Waals surface area contributed by atoms with Crippen LogP contribution in [0.25, 0.3) is 0 Å². The van der Waals surface area contributed by atoms with Crippen LogP contribution >= 0.6 is 0 Å². The van der Waals surface area contributed by atoms with Gasteiger partial charge in [0.15, 0.2) is 0 Å². The van der Waals surface area contributed by atoms with Crippen LogP contribution < -0.4 is 14.6 Å². The molecule has 0 spiro atoms. The molecule has 1 aromatic rings. The number of hydrogen-bond donors (Lipinski definition) is 3. The lowest BCUT2D eigenvalue weighted by Gasteiger charge is -2.10. The lowest BCUT2D eigenvalue weighted by molar-refractivity contribution is 0.159. The zero-order valence-electron chi connectivity index (χ0n) is 10.7. The number of carbonyl (C=O) groups excluding carboxylic acids is 1. The third-order valence-electron chi connectivity index (χ3n) is 2.00.